The summed E-state index contributed by atoms with van der Waals surface area (Å²) in [5, 5.41) is 6.53. The topological polar surface area (TPSA) is 89.0 Å². The van der Waals surface area contributed by atoms with E-state index in [2.05, 4.69) is 15.8 Å². The number of methoxy groups -OCH3 is 1. The second kappa shape index (κ2) is 10.9. The molecule has 0 aliphatic carbocycles. The Morgan fingerprint density at radius 3 is 2.50 bits per heavy atom. The lowest BCUT2D eigenvalue weighted by molar-refractivity contribution is -0.136. The van der Waals surface area contributed by atoms with Crippen molar-refractivity contribution in [1.82, 2.24) is 5.43 Å². The Hall–Kier alpha value is -3.91. The van der Waals surface area contributed by atoms with Crippen molar-refractivity contribution in [2.24, 2.45) is 5.10 Å². The molecular formula is C23H19ClFN3O4. The molecule has 0 saturated carbocycles. The highest BCUT2D eigenvalue weighted by Crippen LogP contribution is 2.30. The highest BCUT2D eigenvalue weighted by molar-refractivity contribution is 6.41. The van der Waals surface area contributed by atoms with E-state index in [0.717, 1.165) is 5.56 Å². The minimum atomic E-state index is -0.974. The standard InChI is InChI=1S/C23H19ClFN3O4/c1-31-20-8-4-5-16(21(20)32-14-15-9-11-17(25)12-10-15)13-26-28-23(30)22(29)27-19-7-3-2-6-18(19)24/h2-13H,14H2,1H3,(H,27,29)(H,28,30)/b26-13-. The van der Waals surface area contributed by atoms with Crippen LogP contribution in [0, 0.1) is 5.82 Å². The van der Waals surface area contributed by atoms with Crippen LogP contribution in [0.5, 0.6) is 11.5 Å². The van der Waals surface area contributed by atoms with E-state index in [1.54, 1.807) is 54.6 Å². The fourth-order valence-corrected chi connectivity index (χ4v) is 2.82. The van der Waals surface area contributed by atoms with Gasteiger partial charge in [-0.05, 0) is 42.0 Å². The number of ether oxygens (including phenoxy) is 2. The molecule has 0 radical (unpaired) electrons. The van der Waals surface area contributed by atoms with E-state index < -0.39 is 11.8 Å². The Bertz CT molecular complexity index is 1140. The summed E-state index contributed by atoms with van der Waals surface area (Å²) < 4.78 is 24.3. The van der Waals surface area contributed by atoms with Gasteiger partial charge < -0.3 is 14.8 Å². The Kier molecular flexibility index (Phi) is 7.77. The van der Waals surface area contributed by atoms with Crippen molar-refractivity contribution in [1.29, 1.82) is 0 Å². The average molecular weight is 456 g/mol. The largest absolute Gasteiger partial charge is 0.493 e. The van der Waals surface area contributed by atoms with Crippen LogP contribution in [0.4, 0.5) is 10.1 Å². The van der Waals surface area contributed by atoms with E-state index >= 15 is 0 Å². The summed E-state index contributed by atoms with van der Waals surface area (Å²) in [6.07, 6.45) is 1.32. The van der Waals surface area contributed by atoms with Gasteiger partial charge in [-0.1, -0.05) is 41.9 Å². The molecule has 2 amide bonds. The summed E-state index contributed by atoms with van der Waals surface area (Å²) in [6, 6.07) is 17.5. The van der Waals surface area contributed by atoms with E-state index in [1.165, 1.54) is 25.5 Å². The fourth-order valence-electron chi connectivity index (χ4n) is 2.64. The first kappa shape index (κ1) is 22.8. The third-order valence-corrected chi connectivity index (χ3v) is 4.55. The van der Waals surface area contributed by atoms with Gasteiger partial charge in [0, 0.05) is 5.56 Å². The Balaban J connectivity index is 1.66. The molecule has 9 heteroatoms. The van der Waals surface area contributed by atoms with Crippen LogP contribution in [0.25, 0.3) is 0 Å². The molecule has 0 spiro atoms. The van der Waals surface area contributed by atoms with Gasteiger partial charge in [-0.2, -0.15) is 5.10 Å². The monoisotopic (exact) mass is 455 g/mol. The van der Waals surface area contributed by atoms with Gasteiger partial charge in [0.1, 0.15) is 12.4 Å². The molecule has 0 aliphatic rings. The second-order valence-corrected chi connectivity index (χ2v) is 6.83. The second-order valence-electron chi connectivity index (χ2n) is 6.43. The summed E-state index contributed by atoms with van der Waals surface area (Å²) in [6.45, 7) is 0.161. The van der Waals surface area contributed by atoms with Crippen molar-refractivity contribution in [3.05, 3.63) is 88.7 Å². The molecule has 2 N–H and O–H groups in total. The number of hydrogen-bond acceptors (Lipinski definition) is 5. The van der Waals surface area contributed by atoms with Crippen molar-refractivity contribution < 1.29 is 23.5 Å². The van der Waals surface area contributed by atoms with Crippen molar-refractivity contribution in [3.63, 3.8) is 0 Å². The third kappa shape index (κ3) is 6.05. The lowest BCUT2D eigenvalue weighted by Crippen LogP contribution is -2.32. The molecule has 0 atom stereocenters. The molecule has 0 saturated heterocycles. The summed E-state index contributed by atoms with van der Waals surface area (Å²) in [5.41, 5.74) is 3.71. The number of nitrogens with zero attached hydrogens (tertiary/aromatic N) is 1. The number of hydrogen-bond donors (Lipinski definition) is 2. The highest BCUT2D eigenvalue weighted by Gasteiger charge is 2.15. The number of rotatable bonds is 7. The van der Waals surface area contributed by atoms with Crippen LogP contribution >= 0.6 is 11.6 Å². The van der Waals surface area contributed by atoms with E-state index in [-0.39, 0.29) is 12.4 Å². The maximum atomic E-state index is 13.1. The summed E-state index contributed by atoms with van der Waals surface area (Å²) in [5.74, 6) is -1.42. The SMILES string of the molecule is COc1cccc(/C=N\NC(=O)C(=O)Nc2ccccc2Cl)c1OCc1ccc(F)cc1. The van der Waals surface area contributed by atoms with Crippen molar-refractivity contribution in [2.75, 3.05) is 12.4 Å². The smallest absolute Gasteiger partial charge is 0.329 e. The van der Waals surface area contributed by atoms with Gasteiger partial charge in [-0.15, -0.1) is 0 Å². The van der Waals surface area contributed by atoms with Crippen molar-refractivity contribution in [3.8, 4) is 11.5 Å². The quantitative estimate of drug-likeness (QED) is 0.318. The molecule has 3 aromatic carbocycles. The Morgan fingerprint density at radius 1 is 1.03 bits per heavy atom. The zero-order valence-electron chi connectivity index (χ0n) is 17.0. The molecule has 7 nitrogen and oxygen atoms in total. The lowest BCUT2D eigenvalue weighted by Gasteiger charge is -2.13. The fraction of sp³-hybridized carbons (Fsp3) is 0.0870. The number of anilines is 1. The predicted molar refractivity (Wildman–Crippen MR) is 120 cm³/mol. The molecular weight excluding hydrogens is 437 g/mol. The molecule has 0 fully saturated rings. The molecule has 3 rings (SSSR count). The summed E-state index contributed by atoms with van der Waals surface area (Å²) in [4.78, 5) is 24.1. The number of carbonyl (C=O) groups excluding carboxylic acids is 2. The van der Waals surface area contributed by atoms with Crippen LogP contribution < -0.4 is 20.2 Å². The van der Waals surface area contributed by atoms with Crippen LogP contribution in [0.2, 0.25) is 5.02 Å². The maximum absolute atomic E-state index is 13.1. The first-order valence-electron chi connectivity index (χ1n) is 9.41. The van der Waals surface area contributed by atoms with Gasteiger partial charge >= 0.3 is 11.8 Å². The minimum Gasteiger partial charge on any atom is -0.493 e. The van der Waals surface area contributed by atoms with Crippen LogP contribution in [-0.2, 0) is 16.2 Å². The first-order chi connectivity index (χ1) is 15.5. The van der Waals surface area contributed by atoms with Gasteiger partial charge in [0.05, 0.1) is 24.0 Å². The molecule has 0 aromatic heterocycles. The minimum absolute atomic E-state index is 0.161. The summed E-state index contributed by atoms with van der Waals surface area (Å²) >= 11 is 5.96. The Labute approximate surface area is 188 Å². The number of nitrogens with one attached hydrogen (secondary N) is 2. The van der Waals surface area contributed by atoms with Gasteiger partial charge in [-0.3, -0.25) is 9.59 Å². The average Bonchev–Trinajstić information content (AvgIpc) is 2.80. The van der Waals surface area contributed by atoms with Crippen LogP contribution in [0.15, 0.2) is 71.8 Å². The number of benzene rings is 3. The van der Waals surface area contributed by atoms with E-state index in [9.17, 15) is 14.0 Å². The van der Waals surface area contributed by atoms with Crippen LogP contribution in [-0.4, -0.2) is 25.1 Å². The molecule has 164 valence electrons. The number of hydrazone groups is 1. The molecule has 32 heavy (non-hydrogen) atoms. The molecule has 0 heterocycles. The zero-order chi connectivity index (χ0) is 22.9. The molecule has 0 aliphatic heterocycles. The maximum Gasteiger partial charge on any atom is 0.329 e. The number of para-hydroxylation sites is 2. The number of carbonyl (C=O) groups is 2. The van der Waals surface area contributed by atoms with Crippen LogP contribution in [0.1, 0.15) is 11.1 Å². The van der Waals surface area contributed by atoms with Crippen LogP contribution in [0.3, 0.4) is 0 Å². The van der Waals surface area contributed by atoms with Gasteiger partial charge in [0.25, 0.3) is 0 Å². The predicted octanol–water partition coefficient (Wildman–Crippen LogP) is 4.16. The van der Waals surface area contributed by atoms with Gasteiger partial charge in [-0.25, -0.2) is 9.82 Å². The zero-order valence-corrected chi connectivity index (χ0v) is 17.7. The molecule has 3 aromatic rings. The van der Waals surface area contributed by atoms with E-state index in [1.807, 2.05) is 0 Å². The normalized spacial score (nSPS) is 10.6. The number of amides is 2. The number of halogens is 2. The first-order valence-corrected chi connectivity index (χ1v) is 9.79. The lowest BCUT2D eigenvalue weighted by atomic mass is 10.2. The highest BCUT2D eigenvalue weighted by atomic mass is 35.5. The third-order valence-electron chi connectivity index (χ3n) is 4.22. The Morgan fingerprint density at radius 2 is 1.78 bits per heavy atom. The summed E-state index contributed by atoms with van der Waals surface area (Å²) in [7, 11) is 1.49. The molecule has 0 unspecified atom stereocenters. The van der Waals surface area contributed by atoms with E-state index in [4.69, 9.17) is 21.1 Å². The van der Waals surface area contributed by atoms with Gasteiger partial charge in [0.15, 0.2) is 11.5 Å². The van der Waals surface area contributed by atoms with Crippen molar-refractivity contribution >= 4 is 35.3 Å². The van der Waals surface area contributed by atoms with Gasteiger partial charge in [0.2, 0.25) is 0 Å². The molecule has 0 bridgehead atoms. The van der Waals surface area contributed by atoms with E-state index in [0.29, 0.717) is 27.8 Å². The van der Waals surface area contributed by atoms with Crippen molar-refractivity contribution in [2.45, 2.75) is 6.61 Å².